The summed E-state index contributed by atoms with van der Waals surface area (Å²) < 4.78 is 5.03. The van der Waals surface area contributed by atoms with E-state index in [2.05, 4.69) is 0 Å². The molecule has 1 aliphatic rings. The highest BCUT2D eigenvalue weighted by molar-refractivity contribution is 5.97. The Hall–Kier alpha value is -2.04. The van der Waals surface area contributed by atoms with Gasteiger partial charge in [-0.1, -0.05) is 12.1 Å². The number of rotatable bonds is 3. The summed E-state index contributed by atoms with van der Waals surface area (Å²) in [4.78, 5) is 26.0. The maximum Gasteiger partial charge on any atom is 0.310 e. The third kappa shape index (κ3) is 3.35. The second-order valence-corrected chi connectivity index (χ2v) is 5.31. The number of hydrogen-bond acceptors (Lipinski definition) is 4. The molecule has 5 nitrogen and oxygen atoms in total. The highest BCUT2D eigenvalue weighted by Gasteiger charge is 2.30. The maximum atomic E-state index is 12.5. The van der Waals surface area contributed by atoms with Crippen molar-refractivity contribution < 1.29 is 19.4 Å². The summed E-state index contributed by atoms with van der Waals surface area (Å²) in [5, 5.41) is 10.0. The third-order valence-corrected chi connectivity index (χ3v) is 3.80. The van der Waals surface area contributed by atoms with Gasteiger partial charge in [0.2, 0.25) is 0 Å². The fourth-order valence-electron chi connectivity index (χ4n) is 2.62. The van der Waals surface area contributed by atoms with Gasteiger partial charge in [0.25, 0.3) is 5.91 Å². The first-order valence-electron chi connectivity index (χ1n) is 7.29. The van der Waals surface area contributed by atoms with E-state index in [1.807, 2.05) is 0 Å². The fraction of sp³-hybridized carbons (Fsp3) is 0.500. The predicted molar refractivity (Wildman–Crippen MR) is 78.1 cm³/mol. The lowest BCUT2D eigenvalue weighted by molar-refractivity contribution is -0.149. The van der Waals surface area contributed by atoms with Crippen molar-refractivity contribution in [1.82, 2.24) is 4.90 Å². The molecule has 114 valence electrons. The van der Waals surface area contributed by atoms with Gasteiger partial charge >= 0.3 is 5.97 Å². The van der Waals surface area contributed by atoms with Crippen molar-refractivity contribution in [2.45, 2.75) is 26.7 Å². The number of ether oxygens (including phenoxy) is 1. The van der Waals surface area contributed by atoms with Gasteiger partial charge in [-0.05, 0) is 38.3 Å². The molecular weight excluding hydrogens is 270 g/mol. The zero-order valence-electron chi connectivity index (χ0n) is 12.5. The summed E-state index contributed by atoms with van der Waals surface area (Å²) >= 11 is 0. The van der Waals surface area contributed by atoms with E-state index in [1.165, 1.54) is 0 Å². The molecule has 1 unspecified atom stereocenters. The van der Waals surface area contributed by atoms with Crippen LogP contribution in [0.5, 0.6) is 5.75 Å². The zero-order chi connectivity index (χ0) is 15.4. The van der Waals surface area contributed by atoms with Crippen molar-refractivity contribution in [2.75, 3.05) is 19.7 Å². The number of amides is 1. The van der Waals surface area contributed by atoms with Gasteiger partial charge in [-0.2, -0.15) is 0 Å². The molecule has 1 atom stereocenters. The molecule has 1 saturated heterocycles. The maximum absolute atomic E-state index is 12.5. The van der Waals surface area contributed by atoms with Crippen LogP contribution in [-0.4, -0.2) is 41.6 Å². The lowest BCUT2D eigenvalue weighted by Crippen LogP contribution is -2.42. The standard InChI is InChI=1S/C16H21NO4/c1-3-21-16(20)12-7-5-9-17(10-12)15(19)13-8-4-6-11(2)14(13)18/h4,6,8,12,18H,3,5,7,9-10H2,1-2H3. The first-order valence-corrected chi connectivity index (χ1v) is 7.29. The van der Waals surface area contributed by atoms with Gasteiger partial charge in [-0.25, -0.2) is 0 Å². The number of hydrogen-bond donors (Lipinski definition) is 1. The molecule has 0 aliphatic carbocycles. The number of nitrogens with zero attached hydrogens (tertiary/aromatic N) is 1. The number of phenolic OH excluding ortho intramolecular Hbond substituents is 1. The smallest absolute Gasteiger partial charge is 0.310 e. The SMILES string of the molecule is CCOC(=O)C1CCCN(C(=O)c2cccc(C)c2O)C1. The Morgan fingerprint density at radius 1 is 1.43 bits per heavy atom. The molecule has 1 aromatic carbocycles. The van der Waals surface area contributed by atoms with Crippen molar-refractivity contribution in [2.24, 2.45) is 5.92 Å². The van der Waals surface area contributed by atoms with Crippen molar-refractivity contribution in [3.63, 3.8) is 0 Å². The molecule has 1 N–H and O–H groups in total. The second-order valence-electron chi connectivity index (χ2n) is 5.31. The number of benzene rings is 1. The zero-order valence-corrected chi connectivity index (χ0v) is 12.5. The molecule has 0 radical (unpaired) electrons. The third-order valence-electron chi connectivity index (χ3n) is 3.80. The van der Waals surface area contributed by atoms with Crippen molar-refractivity contribution in [3.8, 4) is 5.75 Å². The van der Waals surface area contributed by atoms with Crippen molar-refractivity contribution in [3.05, 3.63) is 29.3 Å². The number of aryl methyl sites for hydroxylation is 1. The summed E-state index contributed by atoms with van der Waals surface area (Å²) in [6.07, 6.45) is 1.50. The average Bonchev–Trinajstić information content (AvgIpc) is 2.50. The van der Waals surface area contributed by atoms with Gasteiger partial charge in [0, 0.05) is 13.1 Å². The van der Waals surface area contributed by atoms with Gasteiger partial charge in [0.05, 0.1) is 18.1 Å². The second kappa shape index (κ2) is 6.61. The van der Waals surface area contributed by atoms with Crippen LogP contribution in [0.3, 0.4) is 0 Å². The van der Waals surface area contributed by atoms with Gasteiger partial charge in [-0.15, -0.1) is 0 Å². The minimum Gasteiger partial charge on any atom is -0.507 e. The molecule has 1 aliphatic heterocycles. The van der Waals surface area contributed by atoms with Crippen LogP contribution in [0.25, 0.3) is 0 Å². The number of aromatic hydroxyl groups is 1. The van der Waals surface area contributed by atoms with Gasteiger partial charge in [0.15, 0.2) is 0 Å². The molecule has 0 saturated carbocycles. The van der Waals surface area contributed by atoms with Gasteiger partial charge in [-0.3, -0.25) is 9.59 Å². The van der Waals surface area contributed by atoms with Crippen molar-refractivity contribution >= 4 is 11.9 Å². The van der Waals surface area contributed by atoms with Crippen LogP contribution >= 0.6 is 0 Å². The summed E-state index contributed by atoms with van der Waals surface area (Å²) in [6, 6.07) is 5.11. The number of phenols is 1. The number of carbonyl (C=O) groups excluding carboxylic acids is 2. The van der Waals surface area contributed by atoms with E-state index in [0.717, 1.165) is 12.8 Å². The lowest BCUT2D eigenvalue weighted by atomic mass is 9.97. The summed E-state index contributed by atoms with van der Waals surface area (Å²) in [6.45, 7) is 4.83. The Labute approximate surface area is 124 Å². The number of piperidine rings is 1. The van der Waals surface area contributed by atoms with E-state index < -0.39 is 0 Å². The van der Waals surface area contributed by atoms with Crippen LogP contribution in [0.1, 0.15) is 35.7 Å². The van der Waals surface area contributed by atoms with Crippen LogP contribution < -0.4 is 0 Å². The quantitative estimate of drug-likeness (QED) is 0.866. The Kier molecular flexibility index (Phi) is 4.83. The highest BCUT2D eigenvalue weighted by Crippen LogP contribution is 2.25. The van der Waals surface area contributed by atoms with E-state index >= 15 is 0 Å². The monoisotopic (exact) mass is 291 g/mol. The number of para-hydroxylation sites is 1. The van der Waals surface area contributed by atoms with Crippen LogP contribution in [0.2, 0.25) is 0 Å². The topological polar surface area (TPSA) is 66.8 Å². The van der Waals surface area contributed by atoms with Gasteiger partial charge in [0.1, 0.15) is 5.75 Å². The van der Waals surface area contributed by atoms with Gasteiger partial charge < -0.3 is 14.7 Å². The summed E-state index contributed by atoms with van der Waals surface area (Å²) in [5.41, 5.74) is 0.958. The average molecular weight is 291 g/mol. The molecule has 0 aromatic heterocycles. The molecule has 0 spiro atoms. The molecule has 1 fully saturated rings. The van der Waals surface area contributed by atoms with E-state index in [1.54, 1.807) is 36.9 Å². The van der Waals surface area contributed by atoms with Crippen LogP contribution in [0.15, 0.2) is 18.2 Å². The van der Waals surface area contributed by atoms with E-state index in [4.69, 9.17) is 4.74 Å². The summed E-state index contributed by atoms with van der Waals surface area (Å²) in [5.74, 6) is -0.732. The van der Waals surface area contributed by atoms with Crippen molar-refractivity contribution in [1.29, 1.82) is 0 Å². The fourth-order valence-corrected chi connectivity index (χ4v) is 2.62. The molecule has 1 amide bonds. The Morgan fingerprint density at radius 2 is 2.19 bits per heavy atom. The van der Waals surface area contributed by atoms with Crippen LogP contribution in [-0.2, 0) is 9.53 Å². The molecule has 1 aromatic rings. The minimum absolute atomic E-state index is 0.0146. The van der Waals surface area contributed by atoms with E-state index in [0.29, 0.717) is 30.8 Å². The molecule has 0 bridgehead atoms. The normalized spacial score (nSPS) is 18.4. The number of carbonyl (C=O) groups is 2. The van der Waals surface area contributed by atoms with Crippen LogP contribution in [0.4, 0.5) is 0 Å². The molecule has 2 rings (SSSR count). The van der Waals surface area contributed by atoms with Crippen LogP contribution in [0, 0.1) is 12.8 Å². The first kappa shape index (κ1) is 15.4. The Balaban J connectivity index is 2.12. The Morgan fingerprint density at radius 3 is 2.90 bits per heavy atom. The highest BCUT2D eigenvalue weighted by atomic mass is 16.5. The van der Waals surface area contributed by atoms with E-state index in [9.17, 15) is 14.7 Å². The molecule has 1 heterocycles. The number of likely N-dealkylation sites (tertiary alicyclic amines) is 1. The molecule has 21 heavy (non-hydrogen) atoms. The molecular formula is C16H21NO4. The first-order chi connectivity index (χ1) is 10.0. The molecule has 5 heteroatoms. The lowest BCUT2D eigenvalue weighted by Gasteiger charge is -2.31. The Bertz CT molecular complexity index is 541. The largest absolute Gasteiger partial charge is 0.507 e. The summed E-state index contributed by atoms with van der Waals surface area (Å²) in [7, 11) is 0. The predicted octanol–water partition coefficient (Wildman–Crippen LogP) is 2.12. The minimum atomic E-state index is -0.269. The number of esters is 1. The van der Waals surface area contributed by atoms with E-state index in [-0.39, 0.29) is 23.5 Å².